The lowest BCUT2D eigenvalue weighted by Crippen LogP contribution is -2.50. The van der Waals surface area contributed by atoms with Crippen molar-refractivity contribution in [2.75, 3.05) is 26.3 Å². The Morgan fingerprint density at radius 2 is 1.64 bits per heavy atom. The summed E-state index contributed by atoms with van der Waals surface area (Å²) in [5, 5.41) is 0. The Balaban J connectivity index is 1.37. The Morgan fingerprint density at radius 1 is 1.05 bits per heavy atom. The molecule has 0 aromatic carbocycles. The Kier molecular flexibility index (Phi) is 3.73. The lowest BCUT2D eigenvalue weighted by Gasteiger charge is -2.42. The minimum Gasteiger partial charge on any atom is -0.347 e. The average Bonchev–Trinajstić information content (AvgIpc) is 2.95. The summed E-state index contributed by atoms with van der Waals surface area (Å²) in [6.07, 6.45) is 6.25. The van der Waals surface area contributed by atoms with E-state index in [4.69, 9.17) is 9.47 Å². The molecule has 4 aliphatic rings. The van der Waals surface area contributed by atoms with Gasteiger partial charge in [0.2, 0.25) is 5.91 Å². The fraction of sp³-hybridized carbons (Fsp3) is 0.882. The first kappa shape index (κ1) is 14.6. The monoisotopic (exact) mass is 307 g/mol. The first-order chi connectivity index (χ1) is 10.7. The van der Waals surface area contributed by atoms with Crippen molar-refractivity contribution < 1.29 is 19.1 Å². The number of piperidine rings is 1. The third-order valence-electron chi connectivity index (χ3n) is 6.05. The molecule has 0 aromatic heterocycles. The maximum Gasteiger partial charge on any atom is 0.225 e. The van der Waals surface area contributed by atoms with Gasteiger partial charge in [0.25, 0.3) is 0 Å². The summed E-state index contributed by atoms with van der Waals surface area (Å²) in [6, 6.07) is 0. The normalized spacial score (nSPS) is 37.5. The highest BCUT2D eigenvalue weighted by Gasteiger charge is 2.45. The third kappa shape index (κ3) is 2.48. The number of hydrogen-bond donors (Lipinski definition) is 0. The van der Waals surface area contributed by atoms with Gasteiger partial charge in [0.15, 0.2) is 5.79 Å². The van der Waals surface area contributed by atoms with Crippen LogP contribution in [-0.2, 0) is 19.1 Å². The first-order valence-corrected chi connectivity index (χ1v) is 8.77. The molecule has 2 heterocycles. The number of ketones is 1. The molecule has 1 spiro atoms. The SMILES string of the molecule is O=C1[C@H]2CCC[C@H]1CC(C(=O)N1CCC3(CC1)OCCO3)C2. The standard InChI is InChI=1S/C17H25NO4/c19-15-12-2-1-3-13(15)11-14(10-12)16(20)18-6-4-17(5-7-18)21-8-9-22-17/h12-14H,1-11H2/t12-,13-/m0/s1. The van der Waals surface area contributed by atoms with Crippen molar-refractivity contribution in [2.45, 2.75) is 50.7 Å². The van der Waals surface area contributed by atoms with Crippen LogP contribution in [0, 0.1) is 17.8 Å². The summed E-state index contributed by atoms with van der Waals surface area (Å²) >= 11 is 0. The van der Waals surface area contributed by atoms with Gasteiger partial charge in [0.05, 0.1) is 13.2 Å². The number of hydrogen-bond acceptors (Lipinski definition) is 4. The van der Waals surface area contributed by atoms with Crippen LogP contribution < -0.4 is 0 Å². The molecular weight excluding hydrogens is 282 g/mol. The predicted molar refractivity (Wildman–Crippen MR) is 79.0 cm³/mol. The maximum atomic E-state index is 12.8. The van der Waals surface area contributed by atoms with E-state index >= 15 is 0 Å². The summed E-state index contributed by atoms with van der Waals surface area (Å²) in [4.78, 5) is 27.0. The average molecular weight is 307 g/mol. The number of rotatable bonds is 1. The molecule has 2 saturated carbocycles. The van der Waals surface area contributed by atoms with Crippen LogP contribution in [0.1, 0.15) is 44.9 Å². The summed E-state index contributed by atoms with van der Waals surface area (Å²) in [6.45, 7) is 2.78. The smallest absolute Gasteiger partial charge is 0.225 e. The van der Waals surface area contributed by atoms with Gasteiger partial charge in [-0.25, -0.2) is 0 Å². The first-order valence-electron chi connectivity index (χ1n) is 8.77. The van der Waals surface area contributed by atoms with Crippen LogP contribution in [-0.4, -0.2) is 48.7 Å². The highest BCUT2D eigenvalue weighted by molar-refractivity contribution is 5.88. The third-order valence-corrected chi connectivity index (χ3v) is 6.05. The molecule has 2 atom stereocenters. The van der Waals surface area contributed by atoms with Crippen molar-refractivity contribution in [2.24, 2.45) is 17.8 Å². The van der Waals surface area contributed by atoms with E-state index in [1.54, 1.807) is 0 Å². The molecule has 2 saturated heterocycles. The van der Waals surface area contributed by atoms with Gasteiger partial charge in [-0.05, 0) is 25.7 Å². The number of nitrogens with zero attached hydrogens (tertiary/aromatic N) is 1. The van der Waals surface area contributed by atoms with Crippen LogP contribution in [0.4, 0.5) is 0 Å². The van der Waals surface area contributed by atoms with E-state index in [9.17, 15) is 9.59 Å². The molecule has 4 fully saturated rings. The summed E-state index contributed by atoms with van der Waals surface area (Å²) in [7, 11) is 0. The Hall–Kier alpha value is -0.940. The van der Waals surface area contributed by atoms with Crippen molar-refractivity contribution in [3.8, 4) is 0 Å². The molecule has 0 aromatic rings. The topological polar surface area (TPSA) is 55.8 Å². The molecular formula is C17H25NO4. The fourth-order valence-corrected chi connectivity index (χ4v) is 4.79. The van der Waals surface area contributed by atoms with Crippen LogP contribution in [0.15, 0.2) is 0 Å². The van der Waals surface area contributed by atoms with Crippen molar-refractivity contribution in [3.63, 3.8) is 0 Å². The molecule has 2 aliphatic carbocycles. The van der Waals surface area contributed by atoms with Gasteiger partial charge in [-0.15, -0.1) is 0 Å². The number of likely N-dealkylation sites (tertiary alicyclic amines) is 1. The Morgan fingerprint density at radius 3 is 2.23 bits per heavy atom. The number of amides is 1. The minimum atomic E-state index is -0.421. The van der Waals surface area contributed by atoms with Gasteiger partial charge < -0.3 is 14.4 Å². The van der Waals surface area contributed by atoms with E-state index in [0.29, 0.717) is 19.0 Å². The van der Waals surface area contributed by atoms with Crippen LogP contribution in [0.25, 0.3) is 0 Å². The van der Waals surface area contributed by atoms with Crippen molar-refractivity contribution >= 4 is 11.7 Å². The van der Waals surface area contributed by atoms with E-state index in [1.807, 2.05) is 4.90 Å². The van der Waals surface area contributed by atoms with Gasteiger partial charge in [0.1, 0.15) is 5.78 Å². The predicted octanol–water partition coefficient (Wildman–Crippen LogP) is 1.75. The molecule has 0 unspecified atom stereocenters. The van der Waals surface area contributed by atoms with Crippen LogP contribution in [0.2, 0.25) is 0 Å². The van der Waals surface area contributed by atoms with Gasteiger partial charge >= 0.3 is 0 Å². The second-order valence-electron chi connectivity index (χ2n) is 7.33. The van der Waals surface area contributed by atoms with Gasteiger partial charge in [0, 0.05) is 43.7 Å². The number of carbonyl (C=O) groups is 2. The number of Topliss-reactive ketones (excluding diaryl/α,β-unsaturated/α-hetero) is 1. The fourth-order valence-electron chi connectivity index (χ4n) is 4.79. The zero-order valence-corrected chi connectivity index (χ0v) is 13.1. The van der Waals surface area contributed by atoms with E-state index in [-0.39, 0.29) is 23.7 Å². The van der Waals surface area contributed by atoms with Crippen LogP contribution in [0.5, 0.6) is 0 Å². The molecule has 5 heteroatoms. The molecule has 5 nitrogen and oxygen atoms in total. The van der Waals surface area contributed by atoms with Gasteiger partial charge in [-0.3, -0.25) is 9.59 Å². The minimum absolute atomic E-state index is 0.0625. The van der Waals surface area contributed by atoms with Crippen molar-refractivity contribution in [3.05, 3.63) is 0 Å². The second kappa shape index (κ2) is 5.60. The highest BCUT2D eigenvalue weighted by Crippen LogP contribution is 2.41. The van der Waals surface area contributed by atoms with Crippen molar-refractivity contribution in [1.82, 2.24) is 4.90 Å². The molecule has 22 heavy (non-hydrogen) atoms. The molecule has 1 amide bonds. The molecule has 4 rings (SSSR count). The second-order valence-corrected chi connectivity index (χ2v) is 7.33. The summed E-state index contributed by atoms with van der Waals surface area (Å²) < 4.78 is 11.4. The van der Waals surface area contributed by atoms with E-state index < -0.39 is 5.79 Å². The van der Waals surface area contributed by atoms with E-state index in [2.05, 4.69) is 0 Å². The van der Waals surface area contributed by atoms with E-state index in [0.717, 1.165) is 58.0 Å². The van der Waals surface area contributed by atoms with Gasteiger partial charge in [-0.2, -0.15) is 0 Å². The quantitative estimate of drug-likeness (QED) is 0.740. The number of ether oxygens (including phenoxy) is 2. The molecule has 2 aliphatic heterocycles. The zero-order valence-electron chi connectivity index (χ0n) is 13.1. The number of fused-ring (bicyclic) bond motifs is 2. The number of carbonyl (C=O) groups excluding carboxylic acids is 2. The lowest BCUT2D eigenvalue weighted by atomic mass is 9.67. The summed E-state index contributed by atoms with van der Waals surface area (Å²) in [5.74, 6) is 0.638. The zero-order chi connectivity index (χ0) is 15.2. The van der Waals surface area contributed by atoms with Crippen molar-refractivity contribution in [1.29, 1.82) is 0 Å². The van der Waals surface area contributed by atoms with E-state index in [1.165, 1.54) is 0 Å². The molecule has 2 bridgehead atoms. The largest absolute Gasteiger partial charge is 0.347 e. The highest BCUT2D eigenvalue weighted by atomic mass is 16.7. The Labute approximate surface area is 131 Å². The molecule has 0 radical (unpaired) electrons. The lowest BCUT2D eigenvalue weighted by molar-refractivity contribution is -0.188. The Bertz CT molecular complexity index is 445. The molecule has 0 N–H and O–H groups in total. The van der Waals surface area contributed by atoms with Crippen LogP contribution in [0.3, 0.4) is 0 Å². The van der Waals surface area contributed by atoms with Crippen LogP contribution >= 0.6 is 0 Å². The summed E-state index contributed by atoms with van der Waals surface area (Å²) in [5.41, 5.74) is 0. The van der Waals surface area contributed by atoms with Gasteiger partial charge in [-0.1, -0.05) is 6.42 Å². The maximum absolute atomic E-state index is 12.8. The molecule has 122 valence electrons.